The zero-order valence-electron chi connectivity index (χ0n) is 20.1. The van der Waals surface area contributed by atoms with Crippen molar-refractivity contribution in [1.29, 1.82) is 5.41 Å². The van der Waals surface area contributed by atoms with Crippen LogP contribution in [0.1, 0.15) is 18.4 Å². The van der Waals surface area contributed by atoms with E-state index in [1.54, 1.807) is 48.8 Å². The van der Waals surface area contributed by atoms with Crippen molar-refractivity contribution < 1.29 is 24.2 Å². The number of benzene rings is 2. The number of hydrogen-bond donors (Lipinski definition) is 3. The summed E-state index contributed by atoms with van der Waals surface area (Å²) in [6.45, 7) is -0.0398. The minimum absolute atomic E-state index is 0.0124. The van der Waals surface area contributed by atoms with Gasteiger partial charge in [-0.3, -0.25) is 24.7 Å². The lowest BCUT2D eigenvalue weighted by atomic mass is 10.0. The summed E-state index contributed by atoms with van der Waals surface area (Å²) in [5.74, 6) is -1.80. The number of allylic oxidation sites excluding steroid dienone is 4. The van der Waals surface area contributed by atoms with Gasteiger partial charge < -0.3 is 20.5 Å². The van der Waals surface area contributed by atoms with Gasteiger partial charge in [0.1, 0.15) is 24.7 Å². The molecule has 2 aliphatic heterocycles. The molecule has 4 rings (SSSR count). The van der Waals surface area contributed by atoms with Gasteiger partial charge in [0.25, 0.3) is 0 Å². The van der Waals surface area contributed by atoms with Gasteiger partial charge in [-0.05, 0) is 41.8 Å². The van der Waals surface area contributed by atoms with Gasteiger partial charge in [-0.15, -0.1) is 0 Å². The molecule has 9 nitrogen and oxygen atoms in total. The number of aliphatic carboxylic acids is 1. The quantitative estimate of drug-likeness (QED) is 0.357. The molecular formula is C28H28N4O5. The number of carbonyl (C=O) groups excluding carboxylic acids is 2. The third-order valence-electron chi connectivity index (χ3n) is 6.30. The summed E-state index contributed by atoms with van der Waals surface area (Å²) in [6, 6.07) is 14.4. The molecule has 1 fully saturated rings. The van der Waals surface area contributed by atoms with E-state index in [0.29, 0.717) is 17.7 Å². The molecule has 2 aliphatic rings. The number of amidine groups is 1. The highest BCUT2D eigenvalue weighted by molar-refractivity contribution is 5.95. The molecular weight excluding hydrogens is 472 g/mol. The molecule has 0 spiro atoms. The van der Waals surface area contributed by atoms with Crippen molar-refractivity contribution in [3.63, 3.8) is 0 Å². The highest BCUT2D eigenvalue weighted by atomic mass is 16.5. The highest BCUT2D eigenvalue weighted by Gasteiger charge is 2.41. The summed E-state index contributed by atoms with van der Waals surface area (Å²) in [5, 5.41) is 16.7. The van der Waals surface area contributed by atoms with Gasteiger partial charge in [-0.1, -0.05) is 48.6 Å². The van der Waals surface area contributed by atoms with Gasteiger partial charge in [-0.2, -0.15) is 0 Å². The first-order chi connectivity index (χ1) is 17.8. The molecule has 4 N–H and O–H groups in total. The lowest BCUT2D eigenvalue weighted by Crippen LogP contribution is -2.43. The van der Waals surface area contributed by atoms with Crippen LogP contribution in [0, 0.1) is 11.3 Å². The number of carboxylic acid groups (broad SMARTS) is 1. The van der Waals surface area contributed by atoms with Gasteiger partial charge in [0.05, 0.1) is 18.4 Å². The molecule has 2 amide bonds. The van der Waals surface area contributed by atoms with Gasteiger partial charge in [-0.25, -0.2) is 0 Å². The molecule has 0 aromatic heterocycles. The number of amides is 2. The van der Waals surface area contributed by atoms with E-state index in [9.17, 15) is 19.5 Å². The van der Waals surface area contributed by atoms with E-state index in [-0.39, 0.29) is 37.2 Å². The van der Waals surface area contributed by atoms with E-state index in [1.807, 2.05) is 36.4 Å². The number of nitrogens with zero attached hydrogens (tertiary/aromatic N) is 2. The first-order valence-corrected chi connectivity index (χ1v) is 11.8. The number of carboxylic acids is 1. The Kier molecular flexibility index (Phi) is 7.83. The standard InChI is InChI=1S/C28H28N4O5/c29-27(30)21-7-5-19(6-8-21)20-9-11-24(12-10-20)37-18-23-15-22(16-26(34)35)28(36)32(23)17-25(33)31-13-3-1-2-4-14-31/h1-14,22-23H,15-18H2,(H3,29,30)(H,34,35)/t22-,23-/m0/s1. The van der Waals surface area contributed by atoms with Crippen LogP contribution in [0.3, 0.4) is 0 Å². The Morgan fingerprint density at radius 2 is 1.57 bits per heavy atom. The van der Waals surface area contributed by atoms with Crippen molar-refractivity contribution in [2.24, 2.45) is 11.7 Å². The maximum atomic E-state index is 13.0. The summed E-state index contributed by atoms with van der Waals surface area (Å²) in [5.41, 5.74) is 8.09. The second-order valence-electron chi connectivity index (χ2n) is 8.85. The van der Waals surface area contributed by atoms with Gasteiger partial charge in [0.15, 0.2) is 0 Å². The van der Waals surface area contributed by atoms with Crippen molar-refractivity contribution in [2.45, 2.75) is 18.9 Å². The largest absolute Gasteiger partial charge is 0.491 e. The maximum absolute atomic E-state index is 13.0. The number of carbonyl (C=O) groups is 3. The van der Waals surface area contributed by atoms with Crippen LogP contribution in [0.5, 0.6) is 5.75 Å². The summed E-state index contributed by atoms with van der Waals surface area (Å²) in [6.07, 6.45) is 10.2. The zero-order valence-corrected chi connectivity index (χ0v) is 20.1. The minimum atomic E-state index is -1.05. The Labute approximate surface area is 214 Å². The summed E-state index contributed by atoms with van der Waals surface area (Å²) < 4.78 is 5.96. The van der Waals surface area contributed by atoms with Crippen LogP contribution < -0.4 is 10.5 Å². The smallest absolute Gasteiger partial charge is 0.304 e. The van der Waals surface area contributed by atoms with E-state index in [4.69, 9.17) is 15.9 Å². The van der Waals surface area contributed by atoms with Gasteiger partial charge in [0.2, 0.25) is 11.8 Å². The third kappa shape index (κ3) is 6.32. The van der Waals surface area contributed by atoms with Crippen LogP contribution in [-0.4, -0.2) is 57.7 Å². The van der Waals surface area contributed by atoms with Gasteiger partial charge >= 0.3 is 5.97 Å². The van der Waals surface area contributed by atoms with E-state index < -0.39 is 17.9 Å². The average Bonchev–Trinajstić information content (AvgIpc) is 3.06. The highest BCUT2D eigenvalue weighted by Crippen LogP contribution is 2.29. The number of ether oxygens (including phenoxy) is 1. The fourth-order valence-corrected chi connectivity index (χ4v) is 4.35. The number of hydrogen-bond acceptors (Lipinski definition) is 5. The molecule has 1 saturated heterocycles. The first-order valence-electron chi connectivity index (χ1n) is 11.8. The topological polar surface area (TPSA) is 137 Å². The van der Waals surface area contributed by atoms with Crippen LogP contribution in [0.2, 0.25) is 0 Å². The molecule has 2 atom stereocenters. The molecule has 0 radical (unpaired) electrons. The summed E-state index contributed by atoms with van der Waals surface area (Å²) in [7, 11) is 0. The Morgan fingerprint density at radius 3 is 2.14 bits per heavy atom. The monoisotopic (exact) mass is 500 g/mol. The number of nitrogen functional groups attached to an aromatic ring is 1. The molecule has 0 saturated carbocycles. The molecule has 0 bridgehead atoms. The van der Waals surface area contributed by atoms with Crippen LogP contribution in [-0.2, 0) is 14.4 Å². The fourth-order valence-electron chi connectivity index (χ4n) is 4.35. The fraction of sp³-hybridized carbons (Fsp3) is 0.214. The Morgan fingerprint density at radius 1 is 0.973 bits per heavy atom. The van der Waals surface area contributed by atoms with E-state index >= 15 is 0 Å². The average molecular weight is 501 g/mol. The lowest BCUT2D eigenvalue weighted by Gasteiger charge is -2.26. The Hall–Kier alpha value is -4.66. The van der Waals surface area contributed by atoms with Crippen LogP contribution >= 0.6 is 0 Å². The van der Waals surface area contributed by atoms with Crippen molar-refractivity contribution in [3.05, 3.63) is 90.8 Å². The predicted octanol–water partition coefficient (Wildman–Crippen LogP) is 3.13. The van der Waals surface area contributed by atoms with Crippen LogP contribution in [0.25, 0.3) is 11.1 Å². The number of nitrogens with one attached hydrogen (secondary N) is 1. The van der Waals surface area contributed by atoms with Crippen LogP contribution in [0.15, 0.2) is 85.2 Å². The first kappa shape index (κ1) is 25.4. The molecule has 2 aromatic carbocycles. The molecule has 0 aliphatic carbocycles. The predicted molar refractivity (Wildman–Crippen MR) is 139 cm³/mol. The van der Waals surface area contributed by atoms with Crippen LogP contribution in [0.4, 0.5) is 0 Å². The van der Waals surface area contributed by atoms with Crippen molar-refractivity contribution in [3.8, 4) is 16.9 Å². The van der Waals surface area contributed by atoms with Crippen molar-refractivity contribution in [2.75, 3.05) is 13.2 Å². The van der Waals surface area contributed by atoms with Crippen molar-refractivity contribution >= 4 is 23.6 Å². The number of rotatable bonds is 9. The molecule has 0 unspecified atom stereocenters. The molecule has 9 heteroatoms. The van der Waals surface area contributed by atoms with Crippen molar-refractivity contribution in [1.82, 2.24) is 9.80 Å². The summed E-state index contributed by atoms with van der Waals surface area (Å²) in [4.78, 5) is 40.0. The van der Waals surface area contributed by atoms with E-state index in [0.717, 1.165) is 11.1 Å². The zero-order chi connectivity index (χ0) is 26.4. The Balaban J connectivity index is 1.42. The van der Waals surface area contributed by atoms with E-state index in [1.165, 1.54) is 9.80 Å². The van der Waals surface area contributed by atoms with E-state index in [2.05, 4.69) is 0 Å². The summed E-state index contributed by atoms with van der Waals surface area (Å²) >= 11 is 0. The minimum Gasteiger partial charge on any atom is -0.491 e. The number of likely N-dealkylation sites (tertiary alicyclic amines) is 1. The lowest BCUT2D eigenvalue weighted by molar-refractivity contribution is -0.143. The second-order valence-corrected chi connectivity index (χ2v) is 8.85. The van der Waals surface area contributed by atoms with Gasteiger partial charge in [0, 0.05) is 18.0 Å². The molecule has 2 aromatic rings. The normalized spacial score (nSPS) is 18.6. The second kappa shape index (κ2) is 11.4. The molecule has 190 valence electrons. The Bertz CT molecular complexity index is 1250. The third-order valence-corrected chi connectivity index (χ3v) is 6.30. The maximum Gasteiger partial charge on any atom is 0.304 e. The molecule has 2 heterocycles. The SMILES string of the molecule is N=C(N)c1ccc(-c2ccc(OC[C@@H]3C[C@@H](CC(=O)O)C(=O)N3CC(=O)N3C=CC=CC=C3)cc2)cc1. The number of nitrogens with two attached hydrogens (primary N) is 1. The molecule has 37 heavy (non-hydrogen) atoms.